The smallest absolute Gasteiger partial charge is 0.191 e. The molecular weight excluding hydrogens is 479 g/mol. The van der Waals surface area contributed by atoms with Crippen LogP contribution < -0.4 is 10.6 Å². The summed E-state index contributed by atoms with van der Waals surface area (Å²) < 4.78 is 7.52. The lowest BCUT2D eigenvalue weighted by atomic mass is 9.73. The van der Waals surface area contributed by atoms with Crippen LogP contribution in [0.5, 0.6) is 0 Å². The minimum atomic E-state index is 0. The van der Waals surface area contributed by atoms with Crippen LogP contribution in [0.1, 0.15) is 44.6 Å². The maximum atomic E-state index is 5.54. The predicted molar refractivity (Wildman–Crippen MR) is 129 cm³/mol. The molecule has 3 rings (SSSR count). The molecule has 2 fully saturated rings. The van der Waals surface area contributed by atoms with Gasteiger partial charge in [0.2, 0.25) is 0 Å². The summed E-state index contributed by atoms with van der Waals surface area (Å²) in [5.74, 6) is 0.929. The Morgan fingerprint density at radius 2 is 1.97 bits per heavy atom. The van der Waals surface area contributed by atoms with E-state index in [1.165, 1.54) is 37.7 Å². The summed E-state index contributed by atoms with van der Waals surface area (Å²) in [6, 6.07) is 0. The second kappa shape index (κ2) is 12.7. The number of guanidine groups is 1. The first kappa shape index (κ1) is 24.4. The zero-order valence-corrected chi connectivity index (χ0v) is 20.5. The minimum absolute atomic E-state index is 0. The number of aliphatic imine (C=N–C) groups is 1. The van der Waals surface area contributed by atoms with Gasteiger partial charge in [-0.2, -0.15) is 5.10 Å². The average molecular weight is 518 g/mol. The highest BCUT2D eigenvalue weighted by atomic mass is 127. The summed E-state index contributed by atoms with van der Waals surface area (Å²) in [7, 11) is 0. The fraction of sp³-hybridized carbons (Fsp3) is 0.810. The first-order valence-electron chi connectivity index (χ1n) is 11.0. The number of nitrogens with one attached hydrogen (secondary N) is 2. The van der Waals surface area contributed by atoms with E-state index in [2.05, 4.69) is 40.7 Å². The molecule has 166 valence electrons. The number of morpholine rings is 1. The molecule has 0 unspecified atom stereocenters. The fourth-order valence-electron chi connectivity index (χ4n) is 4.37. The highest BCUT2D eigenvalue weighted by Gasteiger charge is 2.34. The van der Waals surface area contributed by atoms with Crippen LogP contribution in [0.15, 0.2) is 17.4 Å². The number of rotatable bonds is 8. The van der Waals surface area contributed by atoms with E-state index in [1.54, 1.807) is 0 Å². The van der Waals surface area contributed by atoms with Gasteiger partial charge in [0.05, 0.1) is 26.0 Å². The van der Waals surface area contributed by atoms with Crippen molar-refractivity contribution in [1.29, 1.82) is 0 Å². The van der Waals surface area contributed by atoms with Crippen LogP contribution in [-0.4, -0.2) is 73.1 Å². The van der Waals surface area contributed by atoms with E-state index < -0.39 is 0 Å². The van der Waals surface area contributed by atoms with Gasteiger partial charge in [-0.3, -0.25) is 14.6 Å². The second-order valence-corrected chi connectivity index (χ2v) is 8.35. The van der Waals surface area contributed by atoms with E-state index in [4.69, 9.17) is 9.73 Å². The molecule has 1 saturated carbocycles. The maximum absolute atomic E-state index is 5.54. The molecule has 0 atom stereocenters. The highest BCUT2D eigenvalue weighted by Crippen LogP contribution is 2.37. The summed E-state index contributed by atoms with van der Waals surface area (Å²) in [6.45, 7) is 12.7. The maximum Gasteiger partial charge on any atom is 0.191 e. The molecule has 0 amide bonds. The first-order chi connectivity index (χ1) is 13.7. The van der Waals surface area contributed by atoms with Crippen molar-refractivity contribution < 1.29 is 4.74 Å². The molecule has 0 aromatic carbocycles. The molecule has 1 aliphatic carbocycles. The summed E-state index contributed by atoms with van der Waals surface area (Å²) in [4.78, 5) is 7.61. The Labute approximate surface area is 193 Å². The van der Waals surface area contributed by atoms with Crippen molar-refractivity contribution in [2.45, 2.75) is 52.5 Å². The van der Waals surface area contributed by atoms with Crippen LogP contribution in [0.2, 0.25) is 0 Å². The molecule has 2 heterocycles. The van der Waals surface area contributed by atoms with E-state index >= 15 is 0 Å². The van der Waals surface area contributed by atoms with E-state index in [-0.39, 0.29) is 24.0 Å². The van der Waals surface area contributed by atoms with Gasteiger partial charge in [0.15, 0.2) is 5.96 Å². The molecule has 1 saturated heterocycles. The van der Waals surface area contributed by atoms with Gasteiger partial charge in [-0.1, -0.05) is 19.3 Å². The Hall–Kier alpha value is -0.870. The summed E-state index contributed by atoms with van der Waals surface area (Å²) in [6.07, 6.45) is 10.6. The van der Waals surface area contributed by atoms with Gasteiger partial charge in [0.1, 0.15) is 0 Å². The molecule has 29 heavy (non-hydrogen) atoms. The quantitative estimate of drug-likeness (QED) is 0.315. The largest absolute Gasteiger partial charge is 0.379 e. The van der Waals surface area contributed by atoms with E-state index in [1.807, 2.05) is 10.9 Å². The molecule has 1 aromatic rings. The van der Waals surface area contributed by atoms with E-state index in [0.29, 0.717) is 5.41 Å². The minimum Gasteiger partial charge on any atom is -0.379 e. The molecule has 2 aliphatic rings. The zero-order valence-electron chi connectivity index (χ0n) is 18.2. The molecule has 2 N–H and O–H groups in total. The number of aryl methyl sites for hydroxylation is 1. The third kappa shape index (κ3) is 8.05. The Kier molecular flexibility index (Phi) is 10.7. The average Bonchev–Trinajstić information content (AvgIpc) is 3.13. The highest BCUT2D eigenvalue weighted by molar-refractivity contribution is 14.0. The van der Waals surface area contributed by atoms with Crippen LogP contribution >= 0.6 is 24.0 Å². The van der Waals surface area contributed by atoms with Gasteiger partial charge in [-0.05, 0) is 32.3 Å². The Bertz CT molecular complexity index is 608. The topological polar surface area (TPSA) is 66.7 Å². The van der Waals surface area contributed by atoms with Gasteiger partial charge >= 0.3 is 0 Å². The van der Waals surface area contributed by atoms with Crippen LogP contribution in [0, 0.1) is 12.3 Å². The van der Waals surface area contributed by atoms with Crippen LogP contribution in [0.4, 0.5) is 0 Å². The zero-order chi connectivity index (χ0) is 19.7. The van der Waals surface area contributed by atoms with Crippen molar-refractivity contribution in [2.24, 2.45) is 10.4 Å². The third-order valence-corrected chi connectivity index (χ3v) is 5.89. The lowest BCUT2D eigenvalue weighted by Crippen LogP contribution is -2.47. The Morgan fingerprint density at radius 1 is 1.21 bits per heavy atom. The van der Waals surface area contributed by atoms with E-state index in [9.17, 15) is 0 Å². The molecule has 1 aromatic heterocycles. The fourth-order valence-corrected chi connectivity index (χ4v) is 4.37. The lowest BCUT2D eigenvalue weighted by molar-refractivity contribution is 0.00937. The number of hydrogen-bond donors (Lipinski definition) is 2. The van der Waals surface area contributed by atoms with Crippen LogP contribution in [0.3, 0.4) is 0 Å². The van der Waals surface area contributed by atoms with Gasteiger partial charge in [-0.15, -0.1) is 24.0 Å². The van der Waals surface area contributed by atoms with Crippen molar-refractivity contribution in [2.75, 3.05) is 52.5 Å². The molecule has 7 nitrogen and oxygen atoms in total. The predicted octanol–water partition coefficient (Wildman–Crippen LogP) is 2.65. The molecule has 0 radical (unpaired) electrons. The monoisotopic (exact) mass is 518 g/mol. The van der Waals surface area contributed by atoms with Crippen molar-refractivity contribution in [3.05, 3.63) is 18.0 Å². The van der Waals surface area contributed by atoms with E-state index in [0.717, 1.165) is 65.0 Å². The molecule has 8 heteroatoms. The van der Waals surface area contributed by atoms with Gasteiger partial charge in [0.25, 0.3) is 0 Å². The number of hydrogen-bond acceptors (Lipinski definition) is 4. The van der Waals surface area contributed by atoms with Crippen molar-refractivity contribution in [3.8, 4) is 0 Å². The molecule has 0 spiro atoms. The van der Waals surface area contributed by atoms with Crippen molar-refractivity contribution >= 4 is 29.9 Å². The third-order valence-electron chi connectivity index (χ3n) is 5.89. The summed E-state index contributed by atoms with van der Waals surface area (Å²) in [5, 5.41) is 11.2. The number of ether oxygens (including phenoxy) is 1. The number of aromatic nitrogens is 2. The lowest BCUT2D eigenvalue weighted by Gasteiger charge is -2.41. The Morgan fingerprint density at radius 3 is 2.62 bits per heavy atom. The number of nitrogens with zero attached hydrogens (tertiary/aromatic N) is 4. The molecule has 0 bridgehead atoms. The summed E-state index contributed by atoms with van der Waals surface area (Å²) in [5.41, 5.74) is 1.51. The molecule has 1 aliphatic heterocycles. The van der Waals surface area contributed by atoms with Crippen molar-refractivity contribution in [1.82, 2.24) is 25.3 Å². The normalized spacial score (nSPS) is 20.1. The van der Waals surface area contributed by atoms with Gasteiger partial charge in [0, 0.05) is 50.9 Å². The number of halogens is 1. The van der Waals surface area contributed by atoms with Gasteiger partial charge in [-0.25, -0.2) is 0 Å². The second-order valence-electron chi connectivity index (χ2n) is 8.35. The first-order valence-corrected chi connectivity index (χ1v) is 11.0. The van der Waals surface area contributed by atoms with Gasteiger partial charge < -0.3 is 15.4 Å². The Balaban J connectivity index is 0.00000300. The molecular formula is C21H39IN6O. The standard InChI is InChI=1S/C21H38N6O.HI/c1-3-22-20(23-9-10-27-16-19(2)15-25-27)24-17-21(7-5-4-6-8-21)18-26-11-13-28-14-12-26;/h15-16H,3-14,17-18H2,1-2H3,(H2,22,23,24);1H. The van der Waals surface area contributed by atoms with Crippen LogP contribution in [0.25, 0.3) is 0 Å². The summed E-state index contributed by atoms with van der Waals surface area (Å²) >= 11 is 0. The van der Waals surface area contributed by atoms with Crippen molar-refractivity contribution in [3.63, 3.8) is 0 Å². The van der Waals surface area contributed by atoms with Crippen LogP contribution in [-0.2, 0) is 11.3 Å². The SMILES string of the molecule is CCNC(=NCC1(CN2CCOCC2)CCCCC1)NCCn1cc(C)cn1.I.